The molecule has 224 valence electrons. The van der Waals surface area contributed by atoms with Crippen molar-refractivity contribution in [3.05, 3.63) is 48.9 Å². The van der Waals surface area contributed by atoms with Gasteiger partial charge in [0.25, 0.3) is 0 Å². The fourth-order valence-electron chi connectivity index (χ4n) is 5.50. The first-order valence-electron chi connectivity index (χ1n) is 13.9. The van der Waals surface area contributed by atoms with E-state index >= 15 is 0 Å². The number of ether oxygens (including phenoxy) is 2. The molecular weight excluding hydrogens is 551 g/mol. The number of aromatic nitrogens is 4. The van der Waals surface area contributed by atoms with Crippen molar-refractivity contribution in [1.82, 2.24) is 24.8 Å². The van der Waals surface area contributed by atoms with E-state index in [4.69, 9.17) is 9.72 Å². The van der Waals surface area contributed by atoms with Gasteiger partial charge in [-0.15, -0.1) is 13.2 Å². The fraction of sp³-hybridized carbons (Fsp3) is 0.483. The third-order valence-corrected chi connectivity index (χ3v) is 7.40. The van der Waals surface area contributed by atoms with E-state index in [2.05, 4.69) is 30.3 Å². The highest BCUT2D eigenvalue weighted by atomic mass is 19.4. The molecule has 3 aromatic heterocycles. The average Bonchev–Trinajstić information content (AvgIpc) is 3.29. The molecule has 0 aromatic carbocycles. The lowest BCUT2D eigenvalue weighted by Crippen LogP contribution is -2.44. The van der Waals surface area contributed by atoms with Crippen LogP contribution >= 0.6 is 0 Å². The molecular formula is C29H34F3N7O3. The Kier molecular flexibility index (Phi) is 8.11. The van der Waals surface area contributed by atoms with Gasteiger partial charge in [-0.2, -0.15) is 0 Å². The van der Waals surface area contributed by atoms with E-state index in [-0.39, 0.29) is 23.4 Å². The number of hydrogen-bond donors (Lipinski definition) is 2. The number of likely N-dealkylation sites (tertiary alicyclic amines) is 1. The molecule has 2 N–H and O–H groups in total. The van der Waals surface area contributed by atoms with Gasteiger partial charge in [-0.1, -0.05) is 0 Å². The number of hydrogen-bond acceptors (Lipinski definition) is 9. The predicted octanol–water partition coefficient (Wildman–Crippen LogP) is 6.56. The summed E-state index contributed by atoms with van der Waals surface area (Å²) in [6.45, 7) is 6.94. The van der Waals surface area contributed by atoms with Crippen LogP contribution < -0.4 is 15.4 Å². The van der Waals surface area contributed by atoms with Crippen molar-refractivity contribution in [3.8, 4) is 17.1 Å². The molecule has 1 spiro atoms. The molecule has 10 nitrogen and oxygen atoms in total. The highest BCUT2D eigenvalue weighted by Gasteiger charge is 2.42. The lowest BCUT2D eigenvalue weighted by atomic mass is 9.77. The molecule has 1 saturated heterocycles. The van der Waals surface area contributed by atoms with Crippen LogP contribution in [-0.2, 0) is 4.74 Å². The third kappa shape index (κ3) is 7.77. The van der Waals surface area contributed by atoms with Gasteiger partial charge in [0, 0.05) is 55.4 Å². The Morgan fingerprint density at radius 1 is 1.02 bits per heavy atom. The molecule has 1 aliphatic carbocycles. The van der Waals surface area contributed by atoms with Crippen molar-refractivity contribution < 1.29 is 27.4 Å². The Morgan fingerprint density at radius 3 is 2.48 bits per heavy atom. The fourth-order valence-corrected chi connectivity index (χ4v) is 5.50. The van der Waals surface area contributed by atoms with Crippen molar-refractivity contribution in [2.24, 2.45) is 5.41 Å². The highest BCUT2D eigenvalue weighted by molar-refractivity contribution is 5.68. The van der Waals surface area contributed by atoms with Gasteiger partial charge in [0.15, 0.2) is 5.82 Å². The monoisotopic (exact) mass is 585 g/mol. The van der Waals surface area contributed by atoms with Crippen molar-refractivity contribution in [1.29, 1.82) is 0 Å². The zero-order valence-electron chi connectivity index (χ0n) is 23.7. The van der Waals surface area contributed by atoms with E-state index in [0.717, 1.165) is 44.2 Å². The number of rotatable bonds is 6. The molecule has 1 aliphatic heterocycles. The van der Waals surface area contributed by atoms with Crippen molar-refractivity contribution >= 4 is 23.5 Å². The molecule has 4 heterocycles. The van der Waals surface area contributed by atoms with Gasteiger partial charge in [-0.05, 0) is 76.5 Å². The number of amides is 1. The first kappa shape index (κ1) is 29.3. The van der Waals surface area contributed by atoms with E-state index in [1.54, 1.807) is 29.4 Å². The SMILES string of the molecule is CC(C)(C)OC(=O)N1CCC2(CCC(Nc3cc(Nc4cc(OC(F)(F)F)ccn4)nc(-c4cccnc4)n3)C2)CC1. The first-order valence-corrected chi connectivity index (χ1v) is 13.9. The Hall–Kier alpha value is -4.16. The summed E-state index contributed by atoms with van der Waals surface area (Å²) in [4.78, 5) is 31.8. The minimum absolute atomic E-state index is 0.134. The molecule has 42 heavy (non-hydrogen) atoms. The number of anilines is 3. The Labute approximate surface area is 242 Å². The zero-order valence-corrected chi connectivity index (χ0v) is 23.7. The van der Waals surface area contributed by atoms with E-state index in [1.807, 2.05) is 26.8 Å². The Balaban J connectivity index is 1.29. The molecule has 0 bridgehead atoms. The molecule has 3 aromatic rings. The standard InChI is InChI=1S/C29H34F3N7O3/c1-27(2,3)42-26(40)39-13-9-28(10-14-39)8-6-20(17-28)35-23-16-24(38-25(37-23)19-5-4-11-33-18-19)36-22-15-21(7-12-34-22)41-29(30,31)32/h4-5,7,11-12,15-16,18,20H,6,8-10,13-14,17H2,1-3H3,(H2,34,35,36,37,38). The van der Waals surface area contributed by atoms with Crippen LogP contribution in [0.2, 0.25) is 0 Å². The van der Waals surface area contributed by atoms with Crippen molar-refractivity contribution in [2.45, 2.75) is 70.9 Å². The number of nitrogens with zero attached hydrogens (tertiary/aromatic N) is 5. The first-order chi connectivity index (χ1) is 19.8. The Bertz CT molecular complexity index is 1390. The number of carbonyl (C=O) groups is 1. The third-order valence-electron chi connectivity index (χ3n) is 7.40. The van der Waals surface area contributed by atoms with E-state index in [1.165, 1.54) is 6.20 Å². The smallest absolute Gasteiger partial charge is 0.444 e. The summed E-state index contributed by atoms with van der Waals surface area (Å²) in [6.07, 6.45) is 4.15. The summed E-state index contributed by atoms with van der Waals surface area (Å²) in [6, 6.07) is 7.74. The molecule has 5 rings (SSSR count). The maximum Gasteiger partial charge on any atom is 0.573 e. The number of alkyl halides is 3. The molecule has 1 amide bonds. The van der Waals surface area contributed by atoms with Crippen LogP contribution in [0.25, 0.3) is 11.4 Å². The average molecular weight is 586 g/mol. The number of carbonyl (C=O) groups excluding carboxylic acids is 1. The quantitative estimate of drug-likeness (QED) is 0.332. The summed E-state index contributed by atoms with van der Waals surface area (Å²) in [7, 11) is 0. The zero-order chi connectivity index (χ0) is 30.0. The van der Waals surface area contributed by atoms with Gasteiger partial charge in [0.05, 0.1) is 0 Å². The van der Waals surface area contributed by atoms with Crippen LogP contribution in [0, 0.1) is 5.41 Å². The number of halogens is 3. The molecule has 1 atom stereocenters. The Morgan fingerprint density at radius 2 is 1.79 bits per heavy atom. The number of nitrogens with one attached hydrogen (secondary N) is 2. The molecule has 13 heteroatoms. The summed E-state index contributed by atoms with van der Waals surface area (Å²) >= 11 is 0. The predicted molar refractivity (Wildman–Crippen MR) is 150 cm³/mol. The van der Waals surface area contributed by atoms with E-state index in [9.17, 15) is 18.0 Å². The minimum atomic E-state index is -4.82. The molecule has 2 aliphatic rings. The van der Waals surface area contributed by atoms with Crippen molar-refractivity contribution in [2.75, 3.05) is 23.7 Å². The van der Waals surface area contributed by atoms with Gasteiger partial charge in [-0.3, -0.25) is 4.98 Å². The normalized spacial score (nSPS) is 18.5. The largest absolute Gasteiger partial charge is 0.573 e. The van der Waals surface area contributed by atoms with Gasteiger partial charge >= 0.3 is 12.5 Å². The van der Waals surface area contributed by atoms with Gasteiger partial charge < -0.3 is 25.0 Å². The second-order valence-electron chi connectivity index (χ2n) is 11.8. The number of pyridine rings is 2. The summed E-state index contributed by atoms with van der Waals surface area (Å²) in [5.41, 5.74) is 0.299. The second-order valence-corrected chi connectivity index (χ2v) is 11.8. The van der Waals surface area contributed by atoms with Crippen LogP contribution in [0.5, 0.6) is 5.75 Å². The lowest BCUT2D eigenvalue weighted by Gasteiger charge is -2.40. The molecule has 1 saturated carbocycles. The van der Waals surface area contributed by atoms with Crippen LogP contribution in [-0.4, -0.2) is 62.0 Å². The maximum atomic E-state index is 12.7. The topological polar surface area (TPSA) is 114 Å². The van der Waals surface area contributed by atoms with Crippen LogP contribution in [0.15, 0.2) is 48.9 Å². The molecule has 0 radical (unpaired) electrons. The van der Waals surface area contributed by atoms with Gasteiger partial charge in [-0.25, -0.2) is 19.7 Å². The minimum Gasteiger partial charge on any atom is -0.444 e. The summed E-state index contributed by atoms with van der Waals surface area (Å²) < 4.78 is 47.7. The molecule has 2 fully saturated rings. The van der Waals surface area contributed by atoms with Gasteiger partial charge in [0.2, 0.25) is 0 Å². The maximum absolute atomic E-state index is 12.7. The van der Waals surface area contributed by atoms with E-state index < -0.39 is 17.7 Å². The van der Waals surface area contributed by atoms with E-state index in [0.29, 0.717) is 36.1 Å². The van der Waals surface area contributed by atoms with Crippen LogP contribution in [0.1, 0.15) is 52.9 Å². The van der Waals surface area contributed by atoms with Crippen LogP contribution in [0.4, 0.5) is 35.4 Å². The highest BCUT2D eigenvalue weighted by Crippen LogP contribution is 2.47. The van der Waals surface area contributed by atoms with Crippen molar-refractivity contribution in [3.63, 3.8) is 0 Å². The molecule has 1 unspecified atom stereocenters. The second kappa shape index (κ2) is 11.6. The summed E-state index contributed by atoms with van der Waals surface area (Å²) in [5, 5.41) is 6.52. The number of piperidine rings is 1. The van der Waals surface area contributed by atoms with Crippen LogP contribution in [0.3, 0.4) is 0 Å². The van der Waals surface area contributed by atoms with Gasteiger partial charge in [0.1, 0.15) is 28.8 Å². The summed E-state index contributed by atoms with van der Waals surface area (Å²) in [5.74, 6) is 1.06. The lowest BCUT2D eigenvalue weighted by molar-refractivity contribution is -0.274.